The maximum atomic E-state index is 13.2. The third kappa shape index (κ3) is 4.57. The Hall–Kier alpha value is -4.10. The Kier molecular flexibility index (Phi) is 6.37. The van der Waals surface area contributed by atoms with Gasteiger partial charge < -0.3 is 14.8 Å². The molecule has 31 heavy (non-hydrogen) atoms. The summed E-state index contributed by atoms with van der Waals surface area (Å²) in [6.07, 6.45) is 0.761. The Bertz CT molecular complexity index is 1200. The molecule has 0 radical (unpaired) electrons. The van der Waals surface area contributed by atoms with Gasteiger partial charge in [0, 0.05) is 12.3 Å². The molecule has 0 unspecified atom stereocenters. The van der Waals surface area contributed by atoms with Gasteiger partial charge in [-0.05, 0) is 36.8 Å². The van der Waals surface area contributed by atoms with Crippen molar-refractivity contribution in [3.63, 3.8) is 0 Å². The van der Waals surface area contributed by atoms with Crippen LogP contribution >= 0.6 is 11.6 Å². The molecule has 158 valence electrons. The van der Waals surface area contributed by atoms with Gasteiger partial charge in [0.1, 0.15) is 5.69 Å². The minimum Gasteiger partial charge on any atom is -0.480 e. The maximum absolute atomic E-state index is 13.2. The summed E-state index contributed by atoms with van der Waals surface area (Å²) in [5.74, 6) is -0.156. The van der Waals surface area contributed by atoms with E-state index in [-0.39, 0.29) is 33.8 Å². The van der Waals surface area contributed by atoms with Crippen LogP contribution in [0.3, 0.4) is 0 Å². The molecule has 10 nitrogen and oxygen atoms in total. The van der Waals surface area contributed by atoms with Crippen molar-refractivity contribution in [3.8, 4) is 17.8 Å². The van der Waals surface area contributed by atoms with Crippen LogP contribution in [0, 0.1) is 18.3 Å². The number of rotatable bonds is 5. The Balaban J connectivity index is 2.05. The highest BCUT2D eigenvalue weighted by molar-refractivity contribution is 6.32. The molecule has 1 aromatic carbocycles. The van der Waals surface area contributed by atoms with Gasteiger partial charge >= 0.3 is 6.09 Å². The van der Waals surface area contributed by atoms with Gasteiger partial charge in [-0.3, -0.25) is 10.1 Å². The van der Waals surface area contributed by atoms with Crippen molar-refractivity contribution in [1.82, 2.24) is 14.8 Å². The number of anilines is 2. The lowest BCUT2D eigenvalue weighted by atomic mass is 10.1. The summed E-state index contributed by atoms with van der Waals surface area (Å²) in [6, 6.07) is 9.69. The number of benzene rings is 1. The number of carbonyl (C=O) groups excluding carboxylic acids is 2. The summed E-state index contributed by atoms with van der Waals surface area (Å²) >= 11 is 6.22. The summed E-state index contributed by atoms with van der Waals surface area (Å²) < 4.78 is 11.0. The molecule has 0 aliphatic carbocycles. The summed E-state index contributed by atoms with van der Waals surface area (Å²) in [7, 11) is 2.62. The first-order valence-electron chi connectivity index (χ1n) is 8.84. The molecular formula is C20H17ClN6O4. The number of aryl methyl sites for hydroxylation is 1. The van der Waals surface area contributed by atoms with Crippen LogP contribution in [-0.2, 0) is 4.74 Å². The Labute approximate surface area is 182 Å². The van der Waals surface area contributed by atoms with Gasteiger partial charge in [-0.15, -0.1) is 5.10 Å². The van der Waals surface area contributed by atoms with E-state index in [4.69, 9.17) is 16.3 Å². The third-order valence-corrected chi connectivity index (χ3v) is 4.49. The number of nitrogens with zero attached hydrogens (tertiary/aromatic N) is 4. The van der Waals surface area contributed by atoms with Crippen LogP contribution in [0.5, 0.6) is 5.88 Å². The van der Waals surface area contributed by atoms with Gasteiger partial charge in [0.25, 0.3) is 5.91 Å². The Morgan fingerprint density at radius 1 is 1.23 bits per heavy atom. The molecule has 0 fully saturated rings. The highest BCUT2D eigenvalue weighted by atomic mass is 35.5. The average Bonchev–Trinajstić information content (AvgIpc) is 3.20. The highest BCUT2D eigenvalue weighted by Gasteiger charge is 2.22. The number of aromatic nitrogens is 3. The number of amides is 2. The normalized spacial score (nSPS) is 10.2. The van der Waals surface area contributed by atoms with Crippen LogP contribution in [0.2, 0.25) is 5.02 Å². The lowest BCUT2D eigenvalue weighted by molar-refractivity contribution is 0.101. The van der Waals surface area contributed by atoms with Crippen molar-refractivity contribution in [1.29, 1.82) is 5.26 Å². The molecule has 0 saturated carbocycles. The van der Waals surface area contributed by atoms with Gasteiger partial charge in [0.15, 0.2) is 5.82 Å². The van der Waals surface area contributed by atoms with E-state index < -0.39 is 12.0 Å². The van der Waals surface area contributed by atoms with Gasteiger partial charge in [0.2, 0.25) is 5.88 Å². The molecule has 11 heteroatoms. The fourth-order valence-electron chi connectivity index (χ4n) is 2.77. The van der Waals surface area contributed by atoms with Crippen LogP contribution in [0.15, 0.2) is 36.5 Å². The van der Waals surface area contributed by atoms with Gasteiger partial charge in [-0.2, -0.15) is 5.26 Å². The number of carbonyl (C=O) groups is 2. The minimum absolute atomic E-state index is 0.0882. The smallest absolute Gasteiger partial charge is 0.411 e. The predicted octanol–water partition coefficient (Wildman–Crippen LogP) is 3.54. The fourth-order valence-corrected chi connectivity index (χ4v) is 2.97. The number of pyridine rings is 1. The zero-order valence-electron chi connectivity index (χ0n) is 16.8. The van der Waals surface area contributed by atoms with E-state index >= 15 is 0 Å². The second-order valence-electron chi connectivity index (χ2n) is 6.19. The largest absolute Gasteiger partial charge is 0.480 e. The summed E-state index contributed by atoms with van der Waals surface area (Å²) in [5, 5.41) is 18.9. The predicted molar refractivity (Wildman–Crippen MR) is 113 cm³/mol. The SMILES string of the molecule is COC(=O)Nc1cc(C#N)cc(C)c1NC(=O)c1cc(OC)nn1-c1ncccc1Cl. The van der Waals surface area contributed by atoms with E-state index in [1.165, 1.54) is 37.2 Å². The third-order valence-electron chi connectivity index (χ3n) is 4.19. The molecule has 0 bridgehead atoms. The first-order valence-corrected chi connectivity index (χ1v) is 9.21. The lowest BCUT2D eigenvalue weighted by Gasteiger charge is -2.15. The van der Waals surface area contributed by atoms with Gasteiger partial charge in [-0.1, -0.05) is 11.6 Å². The highest BCUT2D eigenvalue weighted by Crippen LogP contribution is 2.29. The van der Waals surface area contributed by atoms with Crippen LogP contribution in [-0.4, -0.2) is 41.0 Å². The molecule has 3 rings (SSSR count). The van der Waals surface area contributed by atoms with Crippen molar-refractivity contribution in [2.24, 2.45) is 0 Å². The van der Waals surface area contributed by atoms with Crippen LogP contribution in [0.1, 0.15) is 21.6 Å². The van der Waals surface area contributed by atoms with Crippen LogP contribution in [0.25, 0.3) is 5.82 Å². The summed E-state index contributed by atoms with van der Waals surface area (Å²) in [4.78, 5) is 29.1. The van der Waals surface area contributed by atoms with Crippen molar-refractivity contribution >= 4 is 35.0 Å². The molecule has 0 aliphatic heterocycles. The van der Waals surface area contributed by atoms with E-state index in [0.29, 0.717) is 11.1 Å². The van der Waals surface area contributed by atoms with Gasteiger partial charge in [-0.25, -0.2) is 14.5 Å². The zero-order chi connectivity index (χ0) is 22.5. The standard InChI is InChI=1S/C20H17ClN6O4/c1-11-7-12(10-22)8-14(24-20(29)31-3)17(11)25-19(28)15-9-16(30-2)26-27(15)18-13(21)5-4-6-23-18/h4-9H,1-3H3,(H,24,29)(H,25,28). The van der Waals surface area contributed by atoms with Crippen LogP contribution < -0.4 is 15.4 Å². The number of nitrogens with one attached hydrogen (secondary N) is 2. The molecular weight excluding hydrogens is 424 g/mol. The van der Waals surface area contributed by atoms with Crippen molar-refractivity contribution in [2.45, 2.75) is 6.92 Å². The Morgan fingerprint density at radius 2 is 2.00 bits per heavy atom. The Morgan fingerprint density at radius 3 is 2.65 bits per heavy atom. The topological polar surface area (TPSA) is 131 Å². The average molecular weight is 441 g/mol. The minimum atomic E-state index is -0.753. The molecule has 3 aromatic rings. The molecule has 0 atom stereocenters. The van der Waals surface area contributed by atoms with Crippen molar-refractivity contribution in [3.05, 3.63) is 58.4 Å². The summed E-state index contributed by atoms with van der Waals surface area (Å²) in [6.45, 7) is 1.69. The van der Waals surface area contributed by atoms with E-state index in [0.717, 1.165) is 0 Å². The van der Waals surface area contributed by atoms with Crippen LogP contribution in [0.4, 0.5) is 16.2 Å². The molecule has 0 aliphatic rings. The van der Waals surface area contributed by atoms with E-state index in [1.807, 2.05) is 6.07 Å². The second-order valence-corrected chi connectivity index (χ2v) is 6.60. The zero-order valence-corrected chi connectivity index (χ0v) is 17.5. The number of hydrogen-bond acceptors (Lipinski definition) is 7. The number of hydrogen-bond donors (Lipinski definition) is 2. The number of halogens is 1. The summed E-state index contributed by atoms with van der Waals surface area (Å²) in [5.41, 5.74) is 1.42. The number of nitriles is 1. The van der Waals surface area contributed by atoms with E-state index in [1.54, 1.807) is 25.1 Å². The van der Waals surface area contributed by atoms with Crippen molar-refractivity contribution < 1.29 is 19.1 Å². The first-order chi connectivity index (χ1) is 14.9. The maximum Gasteiger partial charge on any atom is 0.411 e. The second kappa shape index (κ2) is 9.15. The molecule has 0 spiro atoms. The molecule has 2 aromatic heterocycles. The monoisotopic (exact) mass is 440 g/mol. The quantitative estimate of drug-likeness (QED) is 0.620. The molecule has 2 N–H and O–H groups in total. The molecule has 0 saturated heterocycles. The first kappa shape index (κ1) is 21.6. The van der Waals surface area contributed by atoms with E-state index in [9.17, 15) is 14.9 Å². The van der Waals surface area contributed by atoms with Gasteiger partial charge in [0.05, 0.1) is 42.2 Å². The molecule has 2 heterocycles. The van der Waals surface area contributed by atoms with Crippen molar-refractivity contribution in [2.75, 3.05) is 24.9 Å². The van der Waals surface area contributed by atoms with E-state index in [2.05, 4.69) is 25.5 Å². The lowest BCUT2D eigenvalue weighted by Crippen LogP contribution is -2.20. The molecule has 2 amide bonds. The fraction of sp³-hybridized carbons (Fsp3) is 0.150. The number of ether oxygens (including phenoxy) is 2. The number of methoxy groups -OCH3 is 2.